The number of methoxy groups -OCH3 is 1. The lowest BCUT2D eigenvalue weighted by Crippen LogP contribution is -2.25. The van der Waals surface area contributed by atoms with Crippen molar-refractivity contribution in [3.63, 3.8) is 0 Å². The maximum absolute atomic E-state index is 11.4. The van der Waals surface area contributed by atoms with Crippen LogP contribution < -0.4 is 15.8 Å². The van der Waals surface area contributed by atoms with Crippen molar-refractivity contribution in [2.45, 2.75) is 18.2 Å². The van der Waals surface area contributed by atoms with Crippen LogP contribution in [-0.4, -0.2) is 25.3 Å². The van der Waals surface area contributed by atoms with Gasteiger partial charge >= 0.3 is 0 Å². The molecule has 0 fully saturated rings. The van der Waals surface area contributed by atoms with Gasteiger partial charge in [-0.15, -0.1) is 11.8 Å². The van der Waals surface area contributed by atoms with Gasteiger partial charge < -0.3 is 15.8 Å². The Kier molecular flexibility index (Phi) is 5.69. The molecular formula is C12H18N2O2S. The molecule has 0 saturated carbocycles. The SMILES string of the molecule is CCCNC(=O)CSc1cc(N)cc(OC)c1. The highest BCUT2D eigenvalue weighted by Gasteiger charge is 2.04. The number of hydrogen-bond acceptors (Lipinski definition) is 4. The summed E-state index contributed by atoms with van der Waals surface area (Å²) in [5, 5.41) is 2.82. The quantitative estimate of drug-likeness (QED) is 0.601. The molecule has 1 aromatic rings. The van der Waals surface area contributed by atoms with E-state index in [-0.39, 0.29) is 5.91 Å². The summed E-state index contributed by atoms with van der Waals surface area (Å²) in [6.07, 6.45) is 0.947. The summed E-state index contributed by atoms with van der Waals surface area (Å²) in [6.45, 7) is 2.75. The van der Waals surface area contributed by atoms with Gasteiger partial charge in [-0.3, -0.25) is 4.79 Å². The highest BCUT2D eigenvalue weighted by atomic mass is 32.2. The number of rotatable bonds is 6. The van der Waals surface area contributed by atoms with E-state index in [1.165, 1.54) is 11.8 Å². The van der Waals surface area contributed by atoms with Crippen LogP contribution in [0.3, 0.4) is 0 Å². The predicted molar refractivity (Wildman–Crippen MR) is 71.4 cm³/mol. The molecule has 4 nitrogen and oxygen atoms in total. The monoisotopic (exact) mass is 254 g/mol. The Labute approximate surface area is 106 Å². The Morgan fingerprint density at radius 3 is 2.88 bits per heavy atom. The van der Waals surface area contributed by atoms with Crippen molar-refractivity contribution in [1.82, 2.24) is 5.32 Å². The number of carbonyl (C=O) groups is 1. The summed E-state index contributed by atoms with van der Waals surface area (Å²) in [4.78, 5) is 12.4. The molecule has 1 amide bonds. The van der Waals surface area contributed by atoms with Crippen LogP contribution in [0.15, 0.2) is 23.1 Å². The molecule has 94 valence electrons. The summed E-state index contributed by atoms with van der Waals surface area (Å²) in [6, 6.07) is 5.45. The molecule has 1 rings (SSSR count). The van der Waals surface area contributed by atoms with E-state index in [0.717, 1.165) is 17.9 Å². The van der Waals surface area contributed by atoms with E-state index in [1.54, 1.807) is 13.2 Å². The van der Waals surface area contributed by atoms with E-state index in [2.05, 4.69) is 5.32 Å². The average molecular weight is 254 g/mol. The predicted octanol–water partition coefficient (Wildman–Crippen LogP) is 1.90. The molecule has 0 atom stereocenters. The van der Waals surface area contributed by atoms with Crippen molar-refractivity contribution in [2.24, 2.45) is 0 Å². The molecule has 5 heteroatoms. The van der Waals surface area contributed by atoms with Crippen LogP contribution in [-0.2, 0) is 4.79 Å². The molecule has 0 aliphatic rings. The van der Waals surface area contributed by atoms with Gasteiger partial charge in [0.25, 0.3) is 0 Å². The highest BCUT2D eigenvalue weighted by Crippen LogP contribution is 2.26. The van der Waals surface area contributed by atoms with Gasteiger partial charge in [0.2, 0.25) is 5.91 Å². The third-order valence-corrected chi connectivity index (χ3v) is 3.06. The number of nitrogen functional groups attached to an aromatic ring is 1. The topological polar surface area (TPSA) is 64.4 Å². The van der Waals surface area contributed by atoms with Crippen molar-refractivity contribution in [1.29, 1.82) is 0 Å². The zero-order chi connectivity index (χ0) is 12.7. The van der Waals surface area contributed by atoms with Gasteiger partial charge in [-0.25, -0.2) is 0 Å². The maximum atomic E-state index is 11.4. The molecule has 0 saturated heterocycles. The van der Waals surface area contributed by atoms with Crippen LogP contribution in [0, 0.1) is 0 Å². The molecule has 0 radical (unpaired) electrons. The largest absolute Gasteiger partial charge is 0.497 e. The van der Waals surface area contributed by atoms with Crippen LogP contribution in [0.2, 0.25) is 0 Å². The van der Waals surface area contributed by atoms with Gasteiger partial charge in [0.1, 0.15) is 5.75 Å². The molecule has 0 spiro atoms. The first-order chi connectivity index (χ1) is 8.15. The summed E-state index contributed by atoms with van der Waals surface area (Å²) in [5.74, 6) is 1.15. The second kappa shape index (κ2) is 7.06. The molecule has 0 heterocycles. The summed E-state index contributed by atoms with van der Waals surface area (Å²) < 4.78 is 5.11. The van der Waals surface area contributed by atoms with Crippen molar-refractivity contribution in [2.75, 3.05) is 25.1 Å². The second-order valence-corrected chi connectivity index (χ2v) is 4.63. The van der Waals surface area contributed by atoms with E-state index < -0.39 is 0 Å². The Bertz CT molecular complexity index is 383. The number of nitrogens with two attached hydrogens (primary N) is 1. The zero-order valence-corrected chi connectivity index (χ0v) is 11.0. The van der Waals surface area contributed by atoms with E-state index in [0.29, 0.717) is 17.2 Å². The standard InChI is InChI=1S/C12H18N2O2S/c1-3-4-14-12(15)8-17-11-6-9(13)5-10(7-11)16-2/h5-7H,3-4,8,13H2,1-2H3,(H,14,15). The molecule has 0 unspecified atom stereocenters. The number of thioether (sulfide) groups is 1. The number of amides is 1. The fraction of sp³-hybridized carbons (Fsp3) is 0.417. The number of anilines is 1. The smallest absolute Gasteiger partial charge is 0.230 e. The molecule has 3 N–H and O–H groups in total. The fourth-order valence-corrected chi connectivity index (χ4v) is 2.08. The molecular weight excluding hydrogens is 236 g/mol. The molecule has 0 aromatic heterocycles. The number of benzene rings is 1. The van der Waals surface area contributed by atoms with E-state index >= 15 is 0 Å². The van der Waals surface area contributed by atoms with E-state index in [1.807, 2.05) is 19.1 Å². The van der Waals surface area contributed by atoms with Gasteiger partial charge in [-0.05, 0) is 18.6 Å². The van der Waals surface area contributed by atoms with Crippen molar-refractivity contribution < 1.29 is 9.53 Å². The van der Waals surface area contributed by atoms with E-state index in [4.69, 9.17) is 10.5 Å². The summed E-state index contributed by atoms with van der Waals surface area (Å²) in [5.41, 5.74) is 6.37. The number of hydrogen-bond donors (Lipinski definition) is 2. The first kappa shape index (κ1) is 13.7. The van der Waals surface area contributed by atoms with Crippen molar-refractivity contribution >= 4 is 23.4 Å². The first-order valence-corrected chi connectivity index (χ1v) is 6.48. The lowest BCUT2D eigenvalue weighted by molar-refractivity contribution is -0.118. The maximum Gasteiger partial charge on any atom is 0.230 e. The normalized spacial score (nSPS) is 10.0. The van der Waals surface area contributed by atoms with Crippen LogP contribution in [0.4, 0.5) is 5.69 Å². The third-order valence-electron chi connectivity index (χ3n) is 2.08. The molecule has 1 aromatic carbocycles. The highest BCUT2D eigenvalue weighted by molar-refractivity contribution is 8.00. The van der Waals surface area contributed by atoms with Crippen molar-refractivity contribution in [3.05, 3.63) is 18.2 Å². The number of ether oxygens (including phenoxy) is 1. The van der Waals surface area contributed by atoms with Gasteiger partial charge in [0.05, 0.1) is 12.9 Å². The van der Waals surface area contributed by atoms with Crippen LogP contribution in [0.25, 0.3) is 0 Å². The van der Waals surface area contributed by atoms with Gasteiger partial charge in [0.15, 0.2) is 0 Å². The van der Waals surface area contributed by atoms with Gasteiger partial charge in [0, 0.05) is 23.2 Å². The summed E-state index contributed by atoms with van der Waals surface area (Å²) in [7, 11) is 1.59. The Hall–Kier alpha value is -1.36. The van der Waals surface area contributed by atoms with Gasteiger partial charge in [-0.2, -0.15) is 0 Å². The number of nitrogens with one attached hydrogen (secondary N) is 1. The number of carbonyl (C=O) groups excluding carboxylic acids is 1. The van der Waals surface area contributed by atoms with Gasteiger partial charge in [-0.1, -0.05) is 6.92 Å². The molecule has 0 aliphatic carbocycles. The lowest BCUT2D eigenvalue weighted by Gasteiger charge is -2.06. The van der Waals surface area contributed by atoms with Crippen LogP contribution in [0.1, 0.15) is 13.3 Å². The Morgan fingerprint density at radius 2 is 2.24 bits per heavy atom. The lowest BCUT2D eigenvalue weighted by atomic mass is 10.3. The Morgan fingerprint density at radius 1 is 1.47 bits per heavy atom. The minimum Gasteiger partial charge on any atom is -0.497 e. The minimum absolute atomic E-state index is 0.0400. The summed E-state index contributed by atoms with van der Waals surface area (Å²) >= 11 is 1.45. The molecule has 17 heavy (non-hydrogen) atoms. The van der Waals surface area contributed by atoms with E-state index in [9.17, 15) is 4.79 Å². The first-order valence-electron chi connectivity index (χ1n) is 5.49. The molecule has 0 bridgehead atoms. The molecule has 0 aliphatic heterocycles. The third kappa shape index (κ3) is 4.99. The minimum atomic E-state index is 0.0400. The average Bonchev–Trinajstić information content (AvgIpc) is 2.33. The van der Waals surface area contributed by atoms with Crippen LogP contribution in [0.5, 0.6) is 5.75 Å². The fourth-order valence-electron chi connectivity index (χ4n) is 1.26. The second-order valence-electron chi connectivity index (χ2n) is 3.58. The van der Waals surface area contributed by atoms with Crippen LogP contribution >= 0.6 is 11.8 Å². The Balaban J connectivity index is 2.51. The zero-order valence-electron chi connectivity index (χ0n) is 10.2. The van der Waals surface area contributed by atoms with Crippen molar-refractivity contribution in [3.8, 4) is 5.75 Å².